The smallest absolute Gasteiger partial charge is 0.292 e. The van der Waals surface area contributed by atoms with Crippen LogP contribution in [0.15, 0.2) is 40.9 Å². The van der Waals surface area contributed by atoms with Crippen molar-refractivity contribution in [1.82, 2.24) is 20.3 Å². The van der Waals surface area contributed by atoms with Gasteiger partial charge in [-0.3, -0.25) is 9.89 Å². The van der Waals surface area contributed by atoms with Crippen LogP contribution in [0.5, 0.6) is 0 Å². The third-order valence-electron chi connectivity index (χ3n) is 5.53. The maximum atomic E-state index is 12.8. The first-order valence-corrected chi connectivity index (χ1v) is 9.93. The number of H-pyrrole nitrogens is 1. The number of hydrogen-bond acceptors (Lipinski definition) is 4. The molecule has 1 aromatic carbocycles. The van der Waals surface area contributed by atoms with Crippen LogP contribution in [0.25, 0.3) is 0 Å². The maximum Gasteiger partial charge on any atom is 0.292 e. The quantitative estimate of drug-likeness (QED) is 0.706. The Labute approximate surface area is 164 Å². The van der Waals surface area contributed by atoms with Crippen molar-refractivity contribution in [3.05, 3.63) is 70.4 Å². The monoisotopic (exact) mass is 378 g/mol. The first kappa shape index (κ1) is 18.5. The SMILES string of the molecule is C[C@H](Cc1cc(C(=O)N(C)Cc2n[nH]c3c2CCCC3)on1)c1ccccc1. The third-order valence-corrected chi connectivity index (χ3v) is 5.53. The number of nitrogens with zero attached hydrogens (tertiary/aromatic N) is 3. The van der Waals surface area contributed by atoms with Crippen molar-refractivity contribution in [2.75, 3.05) is 7.05 Å². The first-order valence-electron chi connectivity index (χ1n) is 9.93. The Kier molecular flexibility index (Phi) is 5.28. The van der Waals surface area contributed by atoms with E-state index in [0.29, 0.717) is 12.5 Å². The highest BCUT2D eigenvalue weighted by Crippen LogP contribution is 2.24. The molecule has 1 N–H and O–H groups in total. The van der Waals surface area contributed by atoms with Crippen molar-refractivity contribution >= 4 is 5.91 Å². The first-order chi connectivity index (χ1) is 13.6. The van der Waals surface area contributed by atoms with E-state index in [2.05, 4.69) is 34.4 Å². The molecule has 1 aliphatic rings. The number of amides is 1. The number of hydrogen-bond donors (Lipinski definition) is 1. The molecule has 1 aliphatic carbocycles. The normalized spacial score (nSPS) is 14.5. The van der Waals surface area contributed by atoms with Gasteiger partial charge in [-0.2, -0.15) is 5.10 Å². The van der Waals surface area contributed by atoms with Gasteiger partial charge >= 0.3 is 0 Å². The summed E-state index contributed by atoms with van der Waals surface area (Å²) in [6, 6.07) is 12.1. The van der Waals surface area contributed by atoms with Gasteiger partial charge in [0.1, 0.15) is 0 Å². The molecule has 146 valence electrons. The van der Waals surface area contributed by atoms with Crippen LogP contribution < -0.4 is 0 Å². The van der Waals surface area contributed by atoms with Gasteiger partial charge in [-0.05, 0) is 49.1 Å². The molecule has 0 spiro atoms. The van der Waals surface area contributed by atoms with Crippen molar-refractivity contribution < 1.29 is 9.32 Å². The molecule has 0 radical (unpaired) electrons. The van der Waals surface area contributed by atoms with Crippen molar-refractivity contribution in [2.45, 2.75) is 51.5 Å². The lowest BCUT2D eigenvalue weighted by Crippen LogP contribution is -2.26. The summed E-state index contributed by atoms with van der Waals surface area (Å²) < 4.78 is 5.35. The number of rotatable bonds is 6. The van der Waals surface area contributed by atoms with E-state index in [0.717, 1.165) is 30.7 Å². The highest BCUT2D eigenvalue weighted by atomic mass is 16.5. The van der Waals surface area contributed by atoms with Crippen LogP contribution in [0, 0.1) is 0 Å². The van der Waals surface area contributed by atoms with Gasteiger partial charge in [-0.1, -0.05) is 42.4 Å². The van der Waals surface area contributed by atoms with Crippen LogP contribution in [0.1, 0.15) is 64.4 Å². The number of aromatic amines is 1. The standard InChI is InChI=1S/C22H26N4O2/c1-15(16-8-4-3-5-9-16)12-17-13-21(28-25-17)22(27)26(2)14-20-18-10-6-7-11-19(18)23-24-20/h3-5,8-9,13,15H,6-7,10-12,14H2,1-2H3,(H,23,24)/t15-/m1/s1. The molecule has 0 unspecified atom stereocenters. The predicted octanol–water partition coefficient (Wildman–Crippen LogP) is 3.89. The number of aryl methyl sites for hydroxylation is 1. The predicted molar refractivity (Wildman–Crippen MR) is 106 cm³/mol. The van der Waals surface area contributed by atoms with Crippen molar-refractivity contribution in [2.24, 2.45) is 0 Å². The molecule has 6 nitrogen and oxygen atoms in total. The lowest BCUT2D eigenvalue weighted by molar-refractivity contribution is 0.0741. The number of nitrogens with one attached hydrogen (secondary N) is 1. The van der Waals surface area contributed by atoms with E-state index in [-0.39, 0.29) is 11.7 Å². The number of fused-ring (bicyclic) bond motifs is 1. The van der Waals surface area contributed by atoms with E-state index >= 15 is 0 Å². The summed E-state index contributed by atoms with van der Waals surface area (Å²) in [5.41, 5.74) is 5.51. The van der Waals surface area contributed by atoms with Gasteiger partial charge in [-0.15, -0.1) is 0 Å². The summed E-state index contributed by atoms with van der Waals surface area (Å²) in [4.78, 5) is 14.4. The summed E-state index contributed by atoms with van der Waals surface area (Å²) in [5.74, 6) is 0.420. The van der Waals surface area contributed by atoms with Gasteiger partial charge in [0.25, 0.3) is 5.91 Å². The molecule has 6 heteroatoms. The summed E-state index contributed by atoms with van der Waals surface area (Å²) in [6.07, 6.45) is 5.20. The number of carbonyl (C=O) groups excluding carboxylic acids is 1. The second kappa shape index (κ2) is 8.00. The molecule has 3 aromatic rings. The van der Waals surface area contributed by atoms with Crippen LogP contribution in [0.2, 0.25) is 0 Å². The molecule has 0 aliphatic heterocycles. The largest absolute Gasteiger partial charge is 0.351 e. The van der Waals surface area contributed by atoms with Gasteiger partial charge in [0, 0.05) is 18.8 Å². The van der Waals surface area contributed by atoms with E-state index < -0.39 is 0 Å². The molecule has 4 rings (SSSR count). The Morgan fingerprint density at radius 2 is 2.04 bits per heavy atom. The van der Waals surface area contributed by atoms with E-state index in [1.807, 2.05) is 18.2 Å². The molecule has 2 heterocycles. The lowest BCUT2D eigenvalue weighted by Gasteiger charge is -2.16. The second-order valence-electron chi connectivity index (χ2n) is 7.69. The topological polar surface area (TPSA) is 75.0 Å². The molecule has 28 heavy (non-hydrogen) atoms. The Hall–Kier alpha value is -2.89. The zero-order chi connectivity index (χ0) is 19.5. The number of benzene rings is 1. The number of carbonyl (C=O) groups is 1. The van der Waals surface area contributed by atoms with E-state index in [1.54, 1.807) is 18.0 Å². The Balaban J connectivity index is 1.40. The molecule has 0 saturated carbocycles. The van der Waals surface area contributed by atoms with Gasteiger partial charge in [0.15, 0.2) is 0 Å². The zero-order valence-corrected chi connectivity index (χ0v) is 16.4. The molecule has 1 amide bonds. The third kappa shape index (κ3) is 3.86. The second-order valence-corrected chi connectivity index (χ2v) is 7.69. The van der Waals surface area contributed by atoms with E-state index in [1.165, 1.54) is 29.7 Å². The van der Waals surface area contributed by atoms with Crippen LogP contribution in [-0.4, -0.2) is 33.2 Å². The highest BCUT2D eigenvalue weighted by Gasteiger charge is 2.22. The van der Waals surface area contributed by atoms with E-state index in [9.17, 15) is 4.79 Å². The highest BCUT2D eigenvalue weighted by molar-refractivity contribution is 5.91. The minimum atomic E-state index is -0.168. The fraction of sp³-hybridized carbons (Fsp3) is 0.409. The van der Waals surface area contributed by atoms with Crippen molar-refractivity contribution in [3.8, 4) is 0 Å². The van der Waals surface area contributed by atoms with Gasteiger partial charge in [0.05, 0.1) is 17.9 Å². The average molecular weight is 378 g/mol. The Bertz CT molecular complexity index is 945. The summed E-state index contributed by atoms with van der Waals surface area (Å²) in [7, 11) is 1.78. The molecule has 1 atom stereocenters. The molecular formula is C22H26N4O2. The van der Waals surface area contributed by atoms with Gasteiger partial charge < -0.3 is 9.42 Å². The number of aromatic nitrogens is 3. The minimum Gasteiger partial charge on any atom is -0.351 e. The van der Waals surface area contributed by atoms with E-state index in [4.69, 9.17) is 4.52 Å². The van der Waals surface area contributed by atoms with Crippen molar-refractivity contribution in [1.29, 1.82) is 0 Å². The molecule has 2 aromatic heterocycles. The van der Waals surface area contributed by atoms with Crippen LogP contribution in [0.3, 0.4) is 0 Å². The van der Waals surface area contributed by atoms with Crippen LogP contribution >= 0.6 is 0 Å². The summed E-state index contributed by atoms with van der Waals surface area (Å²) in [6.45, 7) is 2.62. The Morgan fingerprint density at radius 1 is 1.25 bits per heavy atom. The van der Waals surface area contributed by atoms with Gasteiger partial charge in [0.2, 0.25) is 5.76 Å². The zero-order valence-electron chi connectivity index (χ0n) is 16.4. The van der Waals surface area contributed by atoms with Crippen LogP contribution in [0.4, 0.5) is 0 Å². The molecule has 0 bridgehead atoms. The Morgan fingerprint density at radius 3 is 2.86 bits per heavy atom. The minimum absolute atomic E-state index is 0.168. The summed E-state index contributed by atoms with van der Waals surface area (Å²) >= 11 is 0. The maximum absolute atomic E-state index is 12.8. The van der Waals surface area contributed by atoms with Crippen LogP contribution in [-0.2, 0) is 25.8 Å². The fourth-order valence-corrected chi connectivity index (χ4v) is 3.89. The summed E-state index contributed by atoms with van der Waals surface area (Å²) in [5, 5.41) is 11.7. The molecule has 0 fully saturated rings. The fourth-order valence-electron chi connectivity index (χ4n) is 3.89. The lowest BCUT2D eigenvalue weighted by atomic mass is 9.96. The molecule has 0 saturated heterocycles. The van der Waals surface area contributed by atoms with Crippen molar-refractivity contribution in [3.63, 3.8) is 0 Å². The average Bonchev–Trinajstić information content (AvgIpc) is 3.35. The van der Waals surface area contributed by atoms with Gasteiger partial charge in [-0.25, -0.2) is 0 Å². The molecular weight excluding hydrogens is 352 g/mol.